The quantitative estimate of drug-likeness (QED) is 0.843. The highest BCUT2D eigenvalue weighted by atomic mass is 35.5. The molecule has 0 amide bonds. The lowest BCUT2D eigenvalue weighted by Crippen LogP contribution is -2.07. The Morgan fingerprint density at radius 2 is 2.07 bits per heavy atom. The minimum absolute atomic E-state index is 0.0118. The molecule has 0 radical (unpaired) electrons. The van der Waals surface area contributed by atoms with E-state index in [9.17, 15) is 8.78 Å². The Kier molecular flexibility index (Phi) is 4.48. The van der Waals surface area contributed by atoms with Crippen LogP contribution >= 0.6 is 11.6 Å². The number of rotatable bonds is 4. The van der Waals surface area contributed by atoms with Gasteiger partial charge in [0.2, 0.25) is 0 Å². The van der Waals surface area contributed by atoms with Crippen LogP contribution in [0, 0.1) is 0 Å². The lowest BCUT2D eigenvalue weighted by molar-refractivity contribution is 0.150. The Morgan fingerprint density at radius 3 is 2.60 bits per heavy atom. The zero-order valence-electron chi connectivity index (χ0n) is 8.51. The lowest BCUT2D eigenvalue weighted by Gasteiger charge is -2.16. The van der Waals surface area contributed by atoms with Crippen LogP contribution in [0.1, 0.15) is 36.8 Å². The van der Waals surface area contributed by atoms with Crippen LogP contribution in [0.4, 0.5) is 8.78 Å². The average molecular weight is 234 g/mol. The topological polar surface area (TPSA) is 26.0 Å². The highest BCUT2D eigenvalue weighted by molar-refractivity contribution is 6.31. The maximum atomic E-state index is 12.8. The van der Waals surface area contributed by atoms with Crippen molar-refractivity contribution in [3.8, 4) is 0 Å². The van der Waals surface area contributed by atoms with Crippen molar-refractivity contribution in [2.75, 3.05) is 6.54 Å². The molecule has 1 unspecified atom stereocenters. The first-order valence-electron chi connectivity index (χ1n) is 4.84. The number of hydrogen-bond acceptors (Lipinski definition) is 1. The molecule has 0 saturated carbocycles. The molecular weight excluding hydrogens is 220 g/mol. The maximum Gasteiger partial charge on any atom is 0.265 e. The molecule has 0 aromatic heterocycles. The number of alkyl halides is 2. The number of nitrogens with two attached hydrogens (primary N) is 1. The minimum atomic E-state index is -2.53. The van der Waals surface area contributed by atoms with Gasteiger partial charge in [-0.2, -0.15) is 0 Å². The molecule has 0 aliphatic heterocycles. The third-order valence-electron chi connectivity index (χ3n) is 2.44. The van der Waals surface area contributed by atoms with Crippen LogP contribution < -0.4 is 5.73 Å². The van der Waals surface area contributed by atoms with Crippen LogP contribution in [0.15, 0.2) is 18.2 Å². The summed E-state index contributed by atoms with van der Waals surface area (Å²) in [6.45, 7) is 2.36. The molecule has 4 heteroatoms. The van der Waals surface area contributed by atoms with Crippen LogP contribution in [-0.2, 0) is 0 Å². The molecule has 1 aromatic rings. The van der Waals surface area contributed by atoms with Gasteiger partial charge in [-0.05, 0) is 30.5 Å². The van der Waals surface area contributed by atoms with Gasteiger partial charge in [0.25, 0.3) is 6.43 Å². The van der Waals surface area contributed by atoms with E-state index in [2.05, 4.69) is 0 Å². The summed E-state index contributed by atoms with van der Waals surface area (Å²) in [7, 11) is 0. The van der Waals surface area contributed by atoms with Crippen molar-refractivity contribution in [1.82, 2.24) is 0 Å². The van der Waals surface area contributed by atoms with Gasteiger partial charge in [-0.3, -0.25) is 0 Å². The van der Waals surface area contributed by atoms with Crippen molar-refractivity contribution in [3.05, 3.63) is 34.3 Å². The van der Waals surface area contributed by atoms with Gasteiger partial charge in [0, 0.05) is 10.6 Å². The molecule has 0 heterocycles. The highest BCUT2D eigenvalue weighted by Gasteiger charge is 2.19. The second-order valence-corrected chi connectivity index (χ2v) is 3.93. The fourth-order valence-corrected chi connectivity index (χ4v) is 1.88. The van der Waals surface area contributed by atoms with Crippen LogP contribution in [0.25, 0.3) is 0 Å². The molecule has 2 N–H and O–H groups in total. The van der Waals surface area contributed by atoms with E-state index in [1.807, 2.05) is 6.92 Å². The van der Waals surface area contributed by atoms with Crippen molar-refractivity contribution in [3.63, 3.8) is 0 Å². The molecule has 0 aliphatic carbocycles. The molecule has 84 valence electrons. The Balaban J connectivity index is 3.10. The summed E-state index contributed by atoms with van der Waals surface area (Å²) >= 11 is 5.76. The summed E-state index contributed by atoms with van der Waals surface area (Å²) in [5.41, 5.74) is 5.96. The van der Waals surface area contributed by atoms with Gasteiger partial charge in [-0.25, -0.2) is 8.78 Å². The largest absolute Gasteiger partial charge is 0.330 e. The van der Waals surface area contributed by atoms with E-state index in [4.69, 9.17) is 17.3 Å². The summed E-state index contributed by atoms with van der Waals surface area (Å²) in [5.74, 6) is 0.0118. The SMILES string of the molecule is CC(CCN)c1cccc(Cl)c1C(F)F. The van der Waals surface area contributed by atoms with Gasteiger partial charge in [0.05, 0.1) is 0 Å². The first-order chi connectivity index (χ1) is 7.07. The normalized spacial score (nSPS) is 13.2. The van der Waals surface area contributed by atoms with E-state index in [-0.39, 0.29) is 16.5 Å². The Morgan fingerprint density at radius 1 is 1.40 bits per heavy atom. The van der Waals surface area contributed by atoms with Crippen LogP contribution in [0.5, 0.6) is 0 Å². The molecule has 15 heavy (non-hydrogen) atoms. The second-order valence-electron chi connectivity index (χ2n) is 3.52. The standard InChI is InChI=1S/C11H14ClF2N/c1-7(5-6-15)8-3-2-4-9(12)10(8)11(13)14/h2-4,7,11H,5-6,15H2,1H3. The summed E-state index contributed by atoms with van der Waals surface area (Å²) < 4.78 is 25.5. The predicted octanol–water partition coefficient (Wildman–Crippen LogP) is 3.73. The zero-order valence-corrected chi connectivity index (χ0v) is 9.27. The summed E-state index contributed by atoms with van der Waals surface area (Å²) in [6, 6.07) is 4.87. The van der Waals surface area contributed by atoms with Crippen LogP contribution in [0.3, 0.4) is 0 Å². The number of halogens is 3. The first-order valence-corrected chi connectivity index (χ1v) is 5.22. The second kappa shape index (κ2) is 5.42. The summed E-state index contributed by atoms with van der Waals surface area (Å²) in [5, 5.41) is 0.131. The summed E-state index contributed by atoms with van der Waals surface area (Å²) in [4.78, 5) is 0. The van der Waals surface area contributed by atoms with Crippen molar-refractivity contribution >= 4 is 11.6 Å². The Labute approximate surface area is 93.2 Å². The monoisotopic (exact) mass is 233 g/mol. The molecule has 1 nitrogen and oxygen atoms in total. The average Bonchev–Trinajstić information content (AvgIpc) is 2.17. The van der Waals surface area contributed by atoms with Gasteiger partial charge in [-0.15, -0.1) is 0 Å². The number of hydrogen-bond donors (Lipinski definition) is 1. The highest BCUT2D eigenvalue weighted by Crippen LogP contribution is 2.34. The molecular formula is C11H14ClF2N. The number of benzene rings is 1. The maximum absolute atomic E-state index is 12.8. The Hall–Kier alpha value is -0.670. The molecule has 0 spiro atoms. The van der Waals surface area contributed by atoms with Gasteiger partial charge in [0.15, 0.2) is 0 Å². The first kappa shape index (κ1) is 12.4. The van der Waals surface area contributed by atoms with Crippen molar-refractivity contribution in [1.29, 1.82) is 0 Å². The van der Waals surface area contributed by atoms with Crippen molar-refractivity contribution in [2.24, 2.45) is 5.73 Å². The molecule has 1 aromatic carbocycles. The van der Waals surface area contributed by atoms with Crippen molar-refractivity contribution in [2.45, 2.75) is 25.7 Å². The fourth-order valence-electron chi connectivity index (χ4n) is 1.62. The van der Waals surface area contributed by atoms with E-state index < -0.39 is 6.43 Å². The van der Waals surface area contributed by atoms with Crippen LogP contribution in [-0.4, -0.2) is 6.54 Å². The molecule has 0 fully saturated rings. The van der Waals surface area contributed by atoms with E-state index in [1.165, 1.54) is 6.07 Å². The van der Waals surface area contributed by atoms with Gasteiger partial charge < -0.3 is 5.73 Å². The molecule has 0 bridgehead atoms. The van der Waals surface area contributed by atoms with Gasteiger partial charge >= 0.3 is 0 Å². The molecule has 1 rings (SSSR count). The molecule has 1 atom stereocenters. The predicted molar refractivity (Wildman–Crippen MR) is 58.5 cm³/mol. The van der Waals surface area contributed by atoms with Gasteiger partial charge in [-0.1, -0.05) is 30.7 Å². The Bertz CT molecular complexity index is 328. The van der Waals surface area contributed by atoms with E-state index in [0.29, 0.717) is 18.5 Å². The molecule has 0 aliphatic rings. The third-order valence-corrected chi connectivity index (χ3v) is 2.77. The summed E-state index contributed by atoms with van der Waals surface area (Å²) in [6.07, 6.45) is -1.85. The van der Waals surface area contributed by atoms with Gasteiger partial charge in [0.1, 0.15) is 0 Å². The van der Waals surface area contributed by atoms with E-state index >= 15 is 0 Å². The smallest absolute Gasteiger partial charge is 0.265 e. The van der Waals surface area contributed by atoms with E-state index in [0.717, 1.165) is 0 Å². The molecule has 0 saturated heterocycles. The zero-order chi connectivity index (χ0) is 11.4. The third kappa shape index (κ3) is 2.89. The fraction of sp³-hybridized carbons (Fsp3) is 0.455. The minimum Gasteiger partial charge on any atom is -0.330 e. The van der Waals surface area contributed by atoms with Crippen molar-refractivity contribution < 1.29 is 8.78 Å². The van der Waals surface area contributed by atoms with Crippen LogP contribution in [0.2, 0.25) is 5.02 Å². The van der Waals surface area contributed by atoms with E-state index in [1.54, 1.807) is 12.1 Å². The lowest BCUT2D eigenvalue weighted by atomic mass is 9.93.